The number of nitrogens with one attached hydrogen (secondary N) is 1. The Balaban J connectivity index is 0. The smallest absolute Gasteiger partial charge is 0.317 e. The molecular weight excluding hydrogens is 565 g/mol. The minimum atomic E-state index is -4.26. The zero-order valence-electron chi connectivity index (χ0n) is 30.1. The Morgan fingerprint density at radius 3 is 1.09 bits per heavy atom. The molecule has 0 unspecified atom stereocenters. The summed E-state index contributed by atoms with van der Waals surface area (Å²) in [6.07, 6.45) is 44.6. The third-order valence-corrected chi connectivity index (χ3v) is 8.85. The lowest BCUT2D eigenvalue weighted by atomic mass is 10.1. The van der Waals surface area contributed by atoms with Gasteiger partial charge >= 0.3 is 7.82 Å². The minimum absolute atomic E-state index is 0.158. The lowest BCUT2D eigenvalue weighted by Crippen LogP contribution is -2.16. The first-order chi connectivity index (χ1) is 21.5. The lowest BCUT2D eigenvalue weighted by Gasteiger charge is -2.05. The molecule has 0 saturated carbocycles. The molecule has 0 amide bonds. The van der Waals surface area contributed by atoms with Gasteiger partial charge in [-0.25, -0.2) is 4.57 Å². The highest BCUT2D eigenvalue weighted by atomic mass is 31.2. The molecule has 0 rings (SSSR count). The molecule has 0 radical (unpaired) electrons. The molecule has 0 heterocycles. The lowest BCUT2D eigenvalue weighted by molar-refractivity contribution is 0.193. The second-order valence-electron chi connectivity index (χ2n) is 13.0. The van der Waals surface area contributed by atoms with Crippen molar-refractivity contribution in [2.45, 2.75) is 213 Å². The van der Waals surface area contributed by atoms with Crippen molar-refractivity contribution in [2.75, 3.05) is 19.7 Å². The van der Waals surface area contributed by atoms with Crippen LogP contribution < -0.4 is 5.32 Å². The van der Waals surface area contributed by atoms with Gasteiger partial charge in [0.05, 0.1) is 6.61 Å². The van der Waals surface area contributed by atoms with Crippen molar-refractivity contribution in [3.63, 3.8) is 0 Å². The van der Waals surface area contributed by atoms with E-state index in [1.54, 1.807) is 0 Å². The van der Waals surface area contributed by atoms with E-state index in [2.05, 4.69) is 42.8 Å². The van der Waals surface area contributed by atoms with Crippen LogP contribution in [0.2, 0.25) is 0 Å². The average Bonchev–Trinajstić information content (AvgIpc) is 3.00. The summed E-state index contributed by atoms with van der Waals surface area (Å²) in [6.45, 7) is 9.47. The number of hydrogen-bond acceptors (Lipinski definition) is 3. The van der Waals surface area contributed by atoms with Gasteiger partial charge in [0, 0.05) is 0 Å². The molecule has 0 aromatic carbocycles. The van der Waals surface area contributed by atoms with Crippen LogP contribution in [0.25, 0.3) is 0 Å². The summed E-state index contributed by atoms with van der Waals surface area (Å²) in [7, 11) is -4.26. The van der Waals surface area contributed by atoms with Crippen molar-refractivity contribution < 1.29 is 18.9 Å². The first-order valence-corrected chi connectivity index (χ1v) is 21.1. The van der Waals surface area contributed by atoms with Gasteiger partial charge in [-0.15, -0.1) is 0 Å². The molecule has 0 fully saturated rings. The van der Waals surface area contributed by atoms with Crippen molar-refractivity contribution in [1.29, 1.82) is 0 Å². The second kappa shape index (κ2) is 40.8. The number of unbranched alkanes of at least 4 members (excludes halogenated alkanes) is 26. The number of phosphoric acid groups is 1. The molecule has 0 aliphatic rings. The SMILES string of the molecule is CCCCCCCC/C=C\CCCCCCCCOP(=O)(O)O.CCCCCCCCCCNCCCCCCCCCC. The number of allylic oxidation sites excluding steroid dienone is 2. The molecule has 266 valence electrons. The van der Waals surface area contributed by atoms with Crippen LogP contribution in [0.15, 0.2) is 12.2 Å². The van der Waals surface area contributed by atoms with E-state index in [1.165, 1.54) is 186 Å². The first-order valence-electron chi connectivity index (χ1n) is 19.5. The van der Waals surface area contributed by atoms with Crippen molar-refractivity contribution in [3.05, 3.63) is 12.2 Å². The first kappa shape index (κ1) is 45.9. The molecule has 0 aliphatic heterocycles. The van der Waals surface area contributed by atoms with Gasteiger partial charge in [0.1, 0.15) is 0 Å². The van der Waals surface area contributed by atoms with Gasteiger partial charge in [-0.2, -0.15) is 0 Å². The fourth-order valence-electron chi connectivity index (χ4n) is 5.43. The number of rotatable bonds is 35. The Bertz CT molecular complexity index is 563. The molecule has 0 aliphatic carbocycles. The highest BCUT2D eigenvalue weighted by Gasteiger charge is 2.12. The van der Waals surface area contributed by atoms with Gasteiger partial charge in [-0.05, 0) is 58.0 Å². The zero-order valence-corrected chi connectivity index (χ0v) is 31.0. The Morgan fingerprint density at radius 1 is 0.455 bits per heavy atom. The van der Waals surface area contributed by atoms with Crippen molar-refractivity contribution in [3.8, 4) is 0 Å². The highest BCUT2D eigenvalue weighted by Crippen LogP contribution is 2.35. The van der Waals surface area contributed by atoms with Crippen LogP contribution in [0.5, 0.6) is 0 Å². The van der Waals surface area contributed by atoms with E-state index in [-0.39, 0.29) is 6.61 Å². The van der Waals surface area contributed by atoms with Gasteiger partial charge in [-0.3, -0.25) is 4.52 Å². The number of hydrogen-bond donors (Lipinski definition) is 3. The summed E-state index contributed by atoms with van der Waals surface area (Å²) in [5.41, 5.74) is 0. The summed E-state index contributed by atoms with van der Waals surface area (Å²) >= 11 is 0. The fraction of sp³-hybridized carbons (Fsp3) is 0.947. The van der Waals surface area contributed by atoms with Crippen molar-refractivity contribution in [1.82, 2.24) is 5.32 Å². The van der Waals surface area contributed by atoms with Crippen LogP contribution in [0.3, 0.4) is 0 Å². The predicted molar refractivity (Wildman–Crippen MR) is 196 cm³/mol. The zero-order chi connectivity index (χ0) is 32.7. The van der Waals surface area contributed by atoms with Gasteiger partial charge in [0.15, 0.2) is 0 Å². The van der Waals surface area contributed by atoms with Crippen molar-refractivity contribution in [2.24, 2.45) is 0 Å². The number of phosphoric ester groups is 1. The summed E-state index contributed by atoms with van der Waals surface area (Å²) in [5, 5.41) is 3.61. The molecule has 44 heavy (non-hydrogen) atoms. The van der Waals surface area contributed by atoms with E-state index < -0.39 is 7.82 Å². The summed E-state index contributed by atoms with van der Waals surface area (Å²) in [6, 6.07) is 0. The van der Waals surface area contributed by atoms with Gasteiger partial charge in [0.2, 0.25) is 0 Å². The predicted octanol–water partition coefficient (Wildman–Crippen LogP) is 13.0. The standard InChI is InChI=1S/C20H43N.C18H37O4P/c1-3-5-7-9-11-13-15-17-19-21-20-18-16-14-12-10-8-6-4-2;1-2-3-4-5-6-7-8-9-10-11-12-13-14-15-16-17-18-22-23(19,20)21/h21H,3-20H2,1-2H3;9-10H,2-8,11-18H2,1H3,(H2,19,20,21)/b;10-9-. The maximum absolute atomic E-state index is 10.5. The third kappa shape index (κ3) is 48.7. The summed E-state index contributed by atoms with van der Waals surface area (Å²) < 4.78 is 14.9. The Kier molecular flexibility index (Phi) is 42.6. The maximum atomic E-state index is 10.5. The van der Waals surface area contributed by atoms with E-state index >= 15 is 0 Å². The molecule has 0 aromatic heterocycles. The quantitative estimate of drug-likeness (QED) is 0.0363. The molecule has 0 atom stereocenters. The second-order valence-corrected chi connectivity index (χ2v) is 14.2. The van der Waals surface area contributed by atoms with Crippen LogP contribution >= 0.6 is 7.82 Å². The summed E-state index contributed by atoms with van der Waals surface area (Å²) in [5.74, 6) is 0. The van der Waals surface area contributed by atoms with E-state index in [4.69, 9.17) is 9.79 Å². The van der Waals surface area contributed by atoms with Gasteiger partial charge in [0.25, 0.3) is 0 Å². The molecule has 0 spiro atoms. The van der Waals surface area contributed by atoms with E-state index in [0.29, 0.717) is 0 Å². The highest BCUT2D eigenvalue weighted by molar-refractivity contribution is 7.46. The molecule has 0 saturated heterocycles. The van der Waals surface area contributed by atoms with E-state index in [0.717, 1.165) is 19.3 Å². The normalized spacial score (nSPS) is 11.8. The topological polar surface area (TPSA) is 78.8 Å². The molecule has 3 N–H and O–H groups in total. The van der Waals surface area contributed by atoms with Gasteiger partial charge < -0.3 is 15.1 Å². The van der Waals surface area contributed by atoms with Crippen LogP contribution in [-0.4, -0.2) is 29.5 Å². The van der Waals surface area contributed by atoms with E-state index in [9.17, 15) is 4.57 Å². The Labute approximate surface area is 276 Å². The Hall–Kier alpha value is -0.190. The maximum Gasteiger partial charge on any atom is 0.469 e. The molecule has 6 heteroatoms. The third-order valence-electron chi connectivity index (χ3n) is 8.33. The molecule has 5 nitrogen and oxygen atoms in total. The van der Waals surface area contributed by atoms with Crippen molar-refractivity contribution >= 4 is 7.82 Å². The molecular formula is C38H80NO4P. The minimum Gasteiger partial charge on any atom is -0.317 e. The van der Waals surface area contributed by atoms with Crippen LogP contribution in [-0.2, 0) is 9.09 Å². The Morgan fingerprint density at radius 2 is 0.750 bits per heavy atom. The molecule has 0 bridgehead atoms. The monoisotopic (exact) mass is 646 g/mol. The van der Waals surface area contributed by atoms with Crippen LogP contribution in [0.4, 0.5) is 0 Å². The fourth-order valence-corrected chi connectivity index (χ4v) is 5.79. The average molecular weight is 646 g/mol. The largest absolute Gasteiger partial charge is 0.469 e. The van der Waals surface area contributed by atoms with Gasteiger partial charge in [-0.1, -0.05) is 181 Å². The summed E-state index contributed by atoms with van der Waals surface area (Å²) in [4.78, 5) is 17.1. The molecule has 0 aromatic rings. The van der Waals surface area contributed by atoms with Crippen LogP contribution in [0, 0.1) is 0 Å². The van der Waals surface area contributed by atoms with Crippen LogP contribution in [0.1, 0.15) is 213 Å². The van der Waals surface area contributed by atoms with E-state index in [1.807, 2.05) is 0 Å².